The minimum absolute atomic E-state index is 0.000154. The molecule has 0 aliphatic rings. The van der Waals surface area contributed by atoms with E-state index < -0.39 is 32.5 Å². The van der Waals surface area contributed by atoms with Gasteiger partial charge in [0.1, 0.15) is 6.61 Å². The summed E-state index contributed by atoms with van der Waals surface area (Å²) in [5, 5.41) is 0. The Bertz CT molecular complexity index is 1070. The molecule has 0 aliphatic heterocycles. The number of allylic oxidation sites excluding steroid dienone is 10. The van der Waals surface area contributed by atoms with E-state index in [4.69, 9.17) is 18.5 Å². The van der Waals surface area contributed by atoms with Crippen LogP contribution in [0.25, 0.3) is 0 Å². The summed E-state index contributed by atoms with van der Waals surface area (Å²) in [5.74, 6) is -0.845. The first-order valence-electron chi connectivity index (χ1n) is 20.6. The number of unbranched alkanes of at least 4 members (excludes halogenated alkanes) is 13. The van der Waals surface area contributed by atoms with Crippen LogP contribution in [0.5, 0.6) is 0 Å². The largest absolute Gasteiger partial charge is 0.472 e. The molecule has 0 aromatic heterocycles. The third kappa shape index (κ3) is 39.2. The van der Waals surface area contributed by atoms with Gasteiger partial charge in [-0.3, -0.25) is 18.6 Å². The highest BCUT2D eigenvalue weighted by atomic mass is 31.2. The topological polar surface area (TPSA) is 112 Å². The van der Waals surface area contributed by atoms with Crippen LogP contribution in [0.3, 0.4) is 0 Å². The number of rotatable bonds is 37. The van der Waals surface area contributed by atoms with Crippen molar-refractivity contribution in [3.63, 3.8) is 0 Å². The van der Waals surface area contributed by atoms with Crippen molar-refractivity contribution in [2.75, 3.05) is 40.5 Å². The second-order valence-corrected chi connectivity index (χ2v) is 15.2. The fourth-order valence-corrected chi connectivity index (χ4v) is 5.92. The molecular weight excluding hydrogens is 689 g/mol. The van der Waals surface area contributed by atoms with E-state index in [0.717, 1.165) is 70.6 Å². The van der Waals surface area contributed by atoms with Crippen molar-refractivity contribution in [1.82, 2.24) is 4.90 Å². The predicted octanol–water partition coefficient (Wildman–Crippen LogP) is 11.5. The highest BCUT2D eigenvalue weighted by molar-refractivity contribution is 7.47. The molecule has 0 rings (SSSR count). The molecule has 2 unspecified atom stereocenters. The monoisotopic (exact) mass is 766 g/mol. The molecule has 1 N–H and O–H groups in total. The molecule has 0 radical (unpaired) electrons. The fourth-order valence-electron chi connectivity index (χ4n) is 5.18. The van der Waals surface area contributed by atoms with Crippen molar-refractivity contribution >= 4 is 19.8 Å². The standard InChI is InChI=1S/C43H76NO8P/c1-5-7-9-11-13-15-17-18-19-20-21-22-23-24-26-27-29-31-33-35-42(45)49-39-41(40-51-53(47,48)50-38-37-44(3)4)52-43(46)36-34-32-30-28-25-16-14-12-10-8-6-2/h7,9,13,15,18-19,21-22,24,26,41H,5-6,8,10-12,14,16-17,20,23,25,27-40H2,1-4H3,(H,47,48)/b9-7-,15-13-,19-18-,22-21-,26-24-. The van der Waals surface area contributed by atoms with Gasteiger partial charge in [0.2, 0.25) is 0 Å². The number of carbonyl (C=O) groups is 2. The number of ether oxygens (including phenoxy) is 2. The molecule has 9 nitrogen and oxygen atoms in total. The fraction of sp³-hybridized carbons (Fsp3) is 0.721. The van der Waals surface area contributed by atoms with Gasteiger partial charge in [-0.1, -0.05) is 145 Å². The van der Waals surface area contributed by atoms with E-state index in [0.29, 0.717) is 19.4 Å². The molecular formula is C43H76NO8P. The number of likely N-dealkylation sites (N-methyl/N-ethyl adjacent to an activating group) is 1. The molecule has 0 spiro atoms. The van der Waals surface area contributed by atoms with Gasteiger partial charge in [-0.25, -0.2) is 4.57 Å². The lowest BCUT2D eigenvalue weighted by Crippen LogP contribution is -2.29. The first-order chi connectivity index (χ1) is 25.7. The molecule has 0 saturated carbocycles. The summed E-state index contributed by atoms with van der Waals surface area (Å²) in [6.45, 7) is 4.14. The third-order valence-corrected chi connectivity index (χ3v) is 9.32. The highest BCUT2D eigenvalue weighted by Crippen LogP contribution is 2.43. The van der Waals surface area contributed by atoms with Crippen LogP contribution in [-0.2, 0) is 32.7 Å². The van der Waals surface area contributed by atoms with Gasteiger partial charge in [0, 0.05) is 19.4 Å². The average molecular weight is 766 g/mol. The van der Waals surface area contributed by atoms with Crippen molar-refractivity contribution in [3.05, 3.63) is 60.8 Å². The number of hydrogen-bond donors (Lipinski definition) is 1. The number of carbonyl (C=O) groups excluding carboxylic acids is 2. The van der Waals surface area contributed by atoms with Crippen LogP contribution in [0, 0.1) is 0 Å². The van der Waals surface area contributed by atoms with Crippen molar-refractivity contribution < 1.29 is 37.6 Å². The quantitative estimate of drug-likeness (QED) is 0.0286. The summed E-state index contributed by atoms with van der Waals surface area (Å²) in [5.41, 5.74) is 0. The van der Waals surface area contributed by atoms with Gasteiger partial charge >= 0.3 is 19.8 Å². The Morgan fingerprint density at radius 2 is 1.08 bits per heavy atom. The summed E-state index contributed by atoms with van der Waals surface area (Å²) in [6.07, 6.45) is 42.7. The second kappa shape index (κ2) is 38.0. The summed E-state index contributed by atoms with van der Waals surface area (Å²) in [4.78, 5) is 36.9. The Morgan fingerprint density at radius 1 is 0.604 bits per heavy atom. The Balaban J connectivity index is 4.36. The van der Waals surface area contributed by atoms with E-state index >= 15 is 0 Å². The third-order valence-electron chi connectivity index (χ3n) is 8.34. The van der Waals surface area contributed by atoms with Crippen molar-refractivity contribution in [2.24, 2.45) is 0 Å². The van der Waals surface area contributed by atoms with Crippen LogP contribution < -0.4 is 0 Å². The molecule has 0 heterocycles. The lowest BCUT2D eigenvalue weighted by atomic mass is 10.1. The molecule has 0 saturated heterocycles. The van der Waals surface area contributed by atoms with Crippen LogP contribution in [0.4, 0.5) is 0 Å². The number of esters is 2. The SMILES string of the molecule is CC/C=C\C/C=C\C/C=C\C/C=C\C/C=C\CCCCCC(=O)OCC(COP(=O)(O)OCCN(C)C)OC(=O)CCCCCCCCCCCCC. The molecule has 0 aliphatic carbocycles. The molecule has 2 atom stereocenters. The zero-order valence-corrected chi connectivity index (χ0v) is 34.8. The van der Waals surface area contributed by atoms with E-state index in [1.54, 1.807) is 0 Å². The number of phosphoric acid groups is 1. The van der Waals surface area contributed by atoms with Gasteiger partial charge in [-0.05, 0) is 71.9 Å². The molecule has 53 heavy (non-hydrogen) atoms. The lowest BCUT2D eigenvalue weighted by Gasteiger charge is -2.20. The van der Waals surface area contributed by atoms with Crippen molar-refractivity contribution in [1.29, 1.82) is 0 Å². The smallest absolute Gasteiger partial charge is 0.462 e. The Kier molecular flexibility index (Phi) is 36.4. The van der Waals surface area contributed by atoms with Gasteiger partial charge in [-0.2, -0.15) is 0 Å². The molecule has 0 fully saturated rings. The normalized spacial score (nSPS) is 14.1. The minimum Gasteiger partial charge on any atom is -0.462 e. The first kappa shape index (κ1) is 50.7. The van der Waals surface area contributed by atoms with Gasteiger partial charge in [-0.15, -0.1) is 0 Å². The van der Waals surface area contributed by atoms with E-state index in [9.17, 15) is 19.0 Å². The highest BCUT2D eigenvalue weighted by Gasteiger charge is 2.26. The zero-order chi connectivity index (χ0) is 39.1. The van der Waals surface area contributed by atoms with Gasteiger partial charge in [0.15, 0.2) is 6.10 Å². The van der Waals surface area contributed by atoms with Crippen LogP contribution in [-0.4, -0.2) is 68.3 Å². The minimum atomic E-state index is -4.37. The summed E-state index contributed by atoms with van der Waals surface area (Å²) in [6, 6.07) is 0. The maximum absolute atomic E-state index is 12.6. The molecule has 0 bridgehead atoms. The summed E-state index contributed by atoms with van der Waals surface area (Å²) >= 11 is 0. The molecule has 10 heteroatoms. The Hall–Kier alpha value is -2.29. The van der Waals surface area contributed by atoms with E-state index in [1.807, 2.05) is 19.0 Å². The molecule has 0 aromatic carbocycles. The summed E-state index contributed by atoms with van der Waals surface area (Å²) in [7, 11) is -0.730. The Labute approximate surface area is 323 Å². The lowest BCUT2D eigenvalue weighted by molar-refractivity contribution is -0.161. The van der Waals surface area contributed by atoms with E-state index in [-0.39, 0.29) is 26.1 Å². The maximum Gasteiger partial charge on any atom is 0.472 e. The summed E-state index contributed by atoms with van der Waals surface area (Å²) < 4.78 is 33.3. The number of hydrogen-bond acceptors (Lipinski definition) is 8. The second-order valence-electron chi connectivity index (χ2n) is 13.8. The molecule has 0 amide bonds. The number of phosphoric ester groups is 1. The zero-order valence-electron chi connectivity index (χ0n) is 33.9. The average Bonchev–Trinajstić information content (AvgIpc) is 3.12. The van der Waals surface area contributed by atoms with Gasteiger partial charge in [0.25, 0.3) is 0 Å². The Morgan fingerprint density at radius 3 is 1.60 bits per heavy atom. The van der Waals surface area contributed by atoms with Crippen molar-refractivity contribution in [2.45, 2.75) is 161 Å². The van der Waals surface area contributed by atoms with Gasteiger partial charge < -0.3 is 19.3 Å². The molecule has 306 valence electrons. The molecule has 0 aromatic rings. The van der Waals surface area contributed by atoms with Crippen LogP contribution in [0.15, 0.2) is 60.8 Å². The van der Waals surface area contributed by atoms with Gasteiger partial charge in [0.05, 0.1) is 13.2 Å². The van der Waals surface area contributed by atoms with Crippen molar-refractivity contribution in [3.8, 4) is 0 Å². The van der Waals surface area contributed by atoms with Crippen LogP contribution >= 0.6 is 7.82 Å². The maximum atomic E-state index is 12.6. The van der Waals surface area contributed by atoms with Crippen LogP contribution in [0.1, 0.15) is 155 Å². The van der Waals surface area contributed by atoms with E-state index in [1.165, 1.54) is 44.9 Å². The van der Waals surface area contributed by atoms with E-state index in [2.05, 4.69) is 74.6 Å². The van der Waals surface area contributed by atoms with Crippen LogP contribution in [0.2, 0.25) is 0 Å². The number of nitrogens with zero attached hydrogens (tertiary/aromatic N) is 1. The first-order valence-corrected chi connectivity index (χ1v) is 22.1. The predicted molar refractivity (Wildman–Crippen MR) is 220 cm³/mol.